The predicted molar refractivity (Wildman–Crippen MR) is 104 cm³/mol. The van der Waals surface area contributed by atoms with E-state index in [0.29, 0.717) is 5.56 Å². The fourth-order valence-corrected chi connectivity index (χ4v) is 4.60. The number of piperidine rings is 1. The normalized spacial score (nSPS) is 19.1. The number of amides is 2. The van der Waals surface area contributed by atoms with Crippen LogP contribution >= 0.6 is 0 Å². The Hall–Kier alpha value is -3.09. The molecule has 0 unspecified atom stereocenters. The van der Waals surface area contributed by atoms with Gasteiger partial charge in [0.15, 0.2) is 0 Å². The summed E-state index contributed by atoms with van der Waals surface area (Å²) in [5.41, 5.74) is 7.43. The zero-order valence-electron chi connectivity index (χ0n) is 14.9. The number of nitrogens with zero attached hydrogens (tertiary/aromatic N) is 2. The fourth-order valence-electron chi connectivity index (χ4n) is 4.60. The van der Waals surface area contributed by atoms with Crippen molar-refractivity contribution >= 4 is 39.4 Å². The highest BCUT2D eigenvalue weighted by molar-refractivity contribution is 6.18. The van der Waals surface area contributed by atoms with Gasteiger partial charge in [-0.05, 0) is 25.3 Å². The summed E-state index contributed by atoms with van der Waals surface area (Å²) in [4.78, 5) is 34.3. The van der Waals surface area contributed by atoms with Crippen LogP contribution in [0, 0.1) is 5.41 Å². The van der Waals surface area contributed by atoms with Crippen LogP contribution in [-0.2, 0) is 4.79 Å². The molecule has 0 saturated carbocycles. The van der Waals surface area contributed by atoms with Crippen molar-refractivity contribution in [3.63, 3.8) is 0 Å². The van der Waals surface area contributed by atoms with Crippen LogP contribution in [0.25, 0.3) is 21.8 Å². The van der Waals surface area contributed by atoms with Gasteiger partial charge in [-0.3, -0.25) is 9.59 Å². The van der Waals surface area contributed by atoms with Crippen molar-refractivity contribution in [2.45, 2.75) is 19.3 Å². The number of anilines is 1. The Kier molecular flexibility index (Phi) is 3.40. The van der Waals surface area contributed by atoms with Gasteiger partial charge in [0.1, 0.15) is 5.82 Å². The zero-order valence-corrected chi connectivity index (χ0v) is 14.9. The summed E-state index contributed by atoms with van der Waals surface area (Å²) in [7, 11) is 0. The molecule has 0 radical (unpaired) electrons. The number of aromatic nitrogens is 2. The van der Waals surface area contributed by atoms with Gasteiger partial charge in [-0.2, -0.15) is 0 Å². The van der Waals surface area contributed by atoms with Gasteiger partial charge in [-0.25, -0.2) is 4.98 Å². The van der Waals surface area contributed by atoms with Gasteiger partial charge in [0, 0.05) is 36.7 Å². The number of carbonyl (C=O) groups excluding carboxylic acids is 2. The molecular formula is C20H21N5O2. The minimum Gasteiger partial charge on any atom is -0.365 e. The van der Waals surface area contributed by atoms with Crippen LogP contribution in [0.4, 0.5) is 5.82 Å². The Morgan fingerprint density at radius 3 is 2.67 bits per heavy atom. The quantitative estimate of drug-likeness (QED) is 0.647. The molecule has 138 valence electrons. The lowest BCUT2D eigenvalue weighted by molar-refractivity contribution is -0.128. The number of pyridine rings is 1. The van der Waals surface area contributed by atoms with Crippen molar-refractivity contribution in [2.75, 3.05) is 24.5 Å². The van der Waals surface area contributed by atoms with Gasteiger partial charge >= 0.3 is 0 Å². The molecule has 1 spiro atoms. The van der Waals surface area contributed by atoms with E-state index in [9.17, 15) is 9.59 Å². The molecule has 4 heterocycles. The summed E-state index contributed by atoms with van der Waals surface area (Å²) < 4.78 is 0. The highest BCUT2D eigenvalue weighted by Gasteiger charge is 2.44. The molecule has 5 rings (SSSR count). The largest absolute Gasteiger partial charge is 0.365 e. The summed E-state index contributed by atoms with van der Waals surface area (Å²) in [6, 6.07) is 7.94. The topological polar surface area (TPSA) is 104 Å². The first-order chi connectivity index (χ1) is 13.1. The first-order valence-corrected chi connectivity index (χ1v) is 9.32. The molecule has 2 saturated heterocycles. The number of benzene rings is 1. The maximum absolute atomic E-state index is 12.3. The minimum absolute atomic E-state index is 0.191. The SMILES string of the molecule is NC(=O)c1cnc(N2CCC3(CCNC3=O)CC2)c2c1[nH]c1ccccc12. The van der Waals surface area contributed by atoms with Gasteiger partial charge in [0.2, 0.25) is 5.91 Å². The molecule has 2 amide bonds. The van der Waals surface area contributed by atoms with E-state index in [2.05, 4.69) is 20.2 Å². The van der Waals surface area contributed by atoms with Gasteiger partial charge < -0.3 is 20.9 Å². The summed E-state index contributed by atoms with van der Waals surface area (Å²) in [5, 5.41) is 4.92. The molecule has 2 fully saturated rings. The number of H-pyrrole nitrogens is 1. The molecule has 4 N–H and O–H groups in total. The van der Waals surface area contributed by atoms with E-state index < -0.39 is 5.91 Å². The lowest BCUT2D eigenvalue weighted by atomic mass is 9.77. The van der Waals surface area contributed by atoms with Crippen molar-refractivity contribution in [3.05, 3.63) is 36.0 Å². The van der Waals surface area contributed by atoms with Crippen LogP contribution in [-0.4, -0.2) is 41.4 Å². The summed E-state index contributed by atoms with van der Waals surface area (Å²) in [6.45, 7) is 2.31. The molecule has 0 aliphatic carbocycles. The second kappa shape index (κ2) is 5.70. The summed E-state index contributed by atoms with van der Waals surface area (Å²) in [6.07, 6.45) is 4.11. The first-order valence-electron chi connectivity index (χ1n) is 9.32. The number of fused-ring (bicyclic) bond motifs is 3. The van der Waals surface area contributed by atoms with Crippen molar-refractivity contribution in [1.29, 1.82) is 0 Å². The Bertz CT molecular complexity index is 1080. The van der Waals surface area contributed by atoms with Gasteiger partial charge in [0.05, 0.1) is 21.9 Å². The average molecular weight is 363 g/mol. The first kappa shape index (κ1) is 16.1. The highest BCUT2D eigenvalue weighted by atomic mass is 16.2. The molecule has 27 heavy (non-hydrogen) atoms. The van der Waals surface area contributed by atoms with E-state index >= 15 is 0 Å². The van der Waals surface area contributed by atoms with E-state index in [-0.39, 0.29) is 11.3 Å². The van der Waals surface area contributed by atoms with Crippen LogP contribution in [0.1, 0.15) is 29.6 Å². The molecule has 7 nitrogen and oxygen atoms in total. The van der Waals surface area contributed by atoms with Crippen molar-refractivity contribution < 1.29 is 9.59 Å². The number of rotatable bonds is 2. The van der Waals surface area contributed by atoms with Crippen LogP contribution < -0.4 is 16.0 Å². The monoisotopic (exact) mass is 363 g/mol. The number of carbonyl (C=O) groups is 2. The second-order valence-electron chi connectivity index (χ2n) is 7.55. The van der Waals surface area contributed by atoms with E-state index in [1.54, 1.807) is 6.20 Å². The zero-order chi connectivity index (χ0) is 18.6. The number of para-hydroxylation sites is 1. The Morgan fingerprint density at radius 1 is 1.19 bits per heavy atom. The lowest BCUT2D eigenvalue weighted by Crippen LogP contribution is -2.44. The molecule has 2 aliphatic heterocycles. The average Bonchev–Trinajstić information content (AvgIpc) is 3.23. The molecule has 2 aliphatic rings. The standard InChI is InChI=1S/C20H21N5O2/c21-17(26)13-11-23-18(15-12-3-1-2-4-14(12)24-16(13)15)25-9-6-20(7-10-25)5-8-22-19(20)27/h1-4,11,24H,5-10H2,(H2,21,26)(H,22,27). The van der Waals surface area contributed by atoms with E-state index in [1.165, 1.54) is 0 Å². The van der Waals surface area contributed by atoms with Crippen LogP contribution in [0.2, 0.25) is 0 Å². The lowest BCUT2D eigenvalue weighted by Gasteiger charge is -2.38. The Labute approximate surface area is 155 Å². The third kappa shape index (κ3) is 2.31. The molecule has 3 aromatic rings. The van der Waals surface area contributed by atoms with Crippen molar-refractivity contribution in [3.8, 4) is 0 Å². The summed E-state index contributed by atoms with van der Waals surface area (Å²) in [5.74, 6) is 0.544. The van der Waals surface area contributed by atoms with Crippen molar-refractivity contribution in [2.24, 2.45) is 11.1 Å². The molecule has 7 heteroatoms. The van der Waals surface area contributed by atoms with Gasteiger partial charge in [-0.1, -0.05) is 18.2 Å². The third-order valence-corrected chi connectivity index (χ3v) is 6.17. The fraction of sp³-hybridized carbons (Fsp3) is 0.350. The molecule has 0 atom stereocenters. The number of primary amides is 1. The number of nitrogens with one attached hydrogen (secondary N) is 2. The van der Waals surface area contributed by atoms with Crippen LogP contribution in [0.5, 0.6) is 0 Å². The number of aromatic amines is 1. The maximum Gasteiger partial charge on any atom is 0.252 e. The number of hydrogen-bond acceptors (Lipinski definition) is 4. The van der Waals surface area contributed by atoms with E-state index in [0.717, 1.165) is 66.5 Å². The summed E-state index contributed by atoms with van der Waals surface area (Å²) >= 11 is 0. The molecule has 0 bridgehead atoms. The predicted octanol–water partition coefficient (Wildman–Crippen LogP) is 1.92. The van der Waals surface area contributed by atoms with Crippen LogP contribution in [0.15, 0.2) is 30.5 Å². The minimum atomic E-state index is -0.495. The molecular weight excluding hydrogens is 342 g/mol. The Balaban J connectivity index is 1.61. The molecule has 1 aromatic carbocycles. The van der Waals surface area contributed by atoms with Gasteiger partial charge in [0.25, 0.3) is 5.91 Å². The second-order valence-corrected chi connectivity index (χ2v) is 7.55. The van der Waals surface area contributed by atoms with Crippen molar-refractivity contribution in [1.82, 2.24) is 15.3 Å². The van der Waals surface area contributed by atoms with Crippen LogP contribution in [0.3, 0.4) is 0 Å². The Morgan fingerprint density at radius 2 is 1.96 bits per heavy atom. The van der Waals surface area contributed by atoms with E-state index in [1.807, 2.05) is 24.3 Å². The smallest absolute Gasteiger partial charge is 0.252 e. The number of hydrogen-bond donors (Lipinski definition) is 3. The number of nitrogens with two attached hydrogens (primary N) is 1. The molecule has 2 aromatic heterocycles. The van der Waals surface area contributed by atoms with Gasteiger partial charge in [-0.15, -0.1) is 0 Å². The maximum atomic E-state index is 12.3. The third-order valence-electron chi connectivity index (χ3n) is 6.17. The highest BCUT2D eigenvalue weighted by Crippen LogP contribution is 2.41. The van der Waals surface area contributed by atoms with E-state index in [4.69, 9.17) is 5.73 Å².